The average molecular weight is 388 g/mol. The Labute approximate surface area is 155 Å². The Morgan fingerprint density at radius 3 is 2.56 bits per heavy atom. The lowest BCUT2D eigenvalue weighted by Crippen LogP contribution is -2.37. The summed E-state index contributed by atoms with van der Waals surface area (Å²) in [6, 6.07) is 3.19. The maximum absolute atomic E-state index is 13.0. The van der Waals surface area contributed by atoms with Crippen molar-refractivity contribution in [2.45, 2.75) is 26.4 Å². The van der Waals surface area contributed by atoms with E-state index in [4.69, 9.17) is 9.47 Å². The van der Waals surface area contributed by atoms with Gasteiger partial charge < -0.3 is 19.7 Å². The van der Waals surface area contributed by atoms with Crippen LogP contribution in [-0.4, -0.2) is 44.8 Å². The van der Waals surface area contributed by atoms with E-state index in [-0.39, 0.29) is 11.6 Å². The number of nitrogens with zero attached hydrogens (tertiary/aromatic N) is 1. The van der Waals surface area contributed by atoms with Crippen LogP contribution in [0.1, 0.15) is 25.8 Å². The lowest BCUT2D eigenvalue weighted by atomic mass is 10.1. The molecule has 1 aromatic rings. The van der Waals surface area contributed by atoms with Crippen molar-refractivity contribution >= 4 is 23.3 Å². The molecule has 27 heavy (non-hydrogen) atoms. The third kappa shape index (κ3) is 5.85. The molecule has 0 saturated carbocycles. The third-order valence-corrected chi connectivity index (χ3v) is 4.31. The summed E-state index contributed by atoms with van der Waals surface area (Å²) in [5.41, 5.74) is -0.379. The maximum Gasteiger partial charge on any atom is 0.416 e. The first kappa shape index (κ1) is 21.0. The van der Waals surface area contributed by atoms with Gasteiger partial charge in [0.05, 0.1) is 36.1 Å². The van der Waals surface area contributed by atoms with Gasteiger partial charge in [0.1, 0.15) is 0 Å². The number of hydrogen-bond acceptors (Lipinski definition) is 5. The first-order valence-electron chi connectivity index (χ1n) is 8.72. The number of amides is 1. The number of carbonyl (C=O) groups excluding carboxylic acids is 2. The molecule has 6 nitrogen and oxygen atoms in total. The van der Waals surface area contributed by atoms with E-state index in [2.05, 4.69) is 5.32 Å². The Balaban J connectivity index is 2.16. The van der Waals surface area contributed by atoms with Crippen molar-refractivity contribution in [2.75, 3.05) is 43.1 Å². The highest BCUT2D eigenvalue weighted by Gasteiger charge is 2.32. The van der Waals surface area contributed by atoms with Crippen molar-refractivity contribution in [3.63, 3.8) is 0 Å². The summed E-state index contributed by atoms with van der Waals surface area (Å²) in [5.74, 6) is -1.57. The molecule has 1 aliphatic rings. The summed E-state index contributed by atoms with van der Waals surface area (Å²) < 4.78 is 49.3. The van der Waals surface area contributed by atoms with Crippen LogP contribution in [0, 0.1) is 5.92 Å². The van der Waals surface area contributed by atoms with Crippen LogP contribution < -0.4 is 10.2 Å². The van der Waals surface area contributed by atoms with E-state index in [1.165, 1.54) is 6.07 Å². The Bertz CT molecular complexity index is 673. The highest BCUT2D eigenvalue weighted by atomic mass is 19.4. The summed E-state index contributed by atoms with van der Waals surface area (Å²) in [6.45, 7) is 4.81. The number of nitrogens with one attached hydrogen (secondary N) is 1. The molecule has 150 valence electrons. The molecule has 0 aromatic heterocycles. The number of hydrogen-bond donors (Lipinski definition) is 1. The Morgan fingerprint density at radius 2 is 1.96 bits per heavy atom. The first-order chi connectivity index (χ1) is 12.7. The van der Waals surface area contributed by atoms with Crippen LogP contribution in [-0.2, 0) is 25.2 Å². The molecule has 0 spiro atoms. The summed E-state index contributed by atoms with van der Waals surface area (Å²) >= 11 is 0. The highest BCUT2D eigenvalue weighted by molar-refractivity contribution is 5.96. The van der Waals surface area contributed by atoms with Crippen LogP contribution >= 0.6 is 0 Å². The normalized spacial score (nSPS) is 16.0. The molecule has 0 bridgehead atoms. The SMILES string of the molecule is CCC(C)C(=O)OCC(=O)Nc1cc(C(F)(F)F)ccc1N1CCOCC1. The molecule has 1 atom stereocenters. The van der Waals surface area contributed by atoms with Gasteiger partial charge in [0, 0.05) is 13.1 Å². The highest BCUT2D eigenvalue weighted by Crippen LogP contribution is 2.35. The molecule has 1 unspecified atom stereocenters. The number of esters is 1. The van der Waals surface area contributed by atoms with E-state index in [0.717, 1.165) is 12.1 Å². The van der Waals surface area contributed by atoms with E-state index in [0.29, 0.717) is 38.4 Å². The lowest BCUT2D eigenvalue weighted by Gasteiger charge is -2.31. The molecule has 0 aliphatic carbocycles. The van der Waals surface area contributed by atoms with Crippen LogP contribution in [0.2, 0.25) is 0 Å². The number of anilines is 2. The van der Waals surface area contributed by atoms with Gasteiger partial charge in [-0.1, -0.05) is 13.8 Å². The zero-order valence-corrected chi connectivity index (χ0v) is 15.3. The number of carbonyl (C=O) groups is 2. The number of halogens is 3. The molecule has 1 N–H and O–H groups in total. The predicted molar refractivity (Wildman–Crippen MR) is 93.5 cm³/mol. The van der Waals surface area contributed by atoms with Gasteiger partial charge in [-0.15, -0.1) is 0 Å². The van der Waals surface area contributed by atoms with Crippen LogP contribution in [0.15, 0.2) is 18.2 Å². The fourth-order valence-electron chi connectivity index (χ4n) is 2.52. The first-order valence-corrected chi connectivity index (χ1v) is 8.72. The van der Waals surface area contributed by atoms with Crippen molar-refractivity contribution in [2.24, 2.45) is 5.92 Å². The van der Waals surface area contributed by atoms with Gasteiger partial charge in [0.2, 0.25) is 0 Å². The molecule has 1 aromatic carbocycles. The number of morpholine rings is 1. The van der Waals surface area contributed by atoms with Gasteiger partial charge in [0.15, 0.2) is 6.61 Å². The molecule has 1 fully saturated rings. The minimum atomic E-state index is -4.54. The van der Waals surface area contributed by atoms with Gasteiger partial charge in [-0.25, -0.2) is 0 Å². The lowest BCUT2D eigenvalue weighted by molar-refractivity contribution is -0.151. The second-order valence-corrected chi connectivity index (χ2v) is 6.29. The third-order valence-electron chi connectivity index (χ3n) is 4.31. The molecular weight excluding hydrogens is 365 g/mol. The minimum absolute atomic E-state index is 0.0244. The van der Waals surface area contributed by atoms with Gasteiger partial charge in [-0.3, -0.25) is 9.59 Å². The average Bonchev–Trinajstić information content (AvgIpc) is 2.65. The van der Waals surface area contributed by atoms with Crippen molar-refractivity contribution in [1.82, 2.24) is 0 Å². The number of rotatable bonds is 6. The smallest absolute Gasteiger partial charge is 0.416 e. The van der Waals surface area contributed by atoms with Gasteiger partial charge >= 0.3 is 12.1 Å². The predicted octanol–water partition coefficient (Wildman–Crippen LogP) is 3.07. The van der Waals surface area contributed by atoms with E-state index in [1.54, 1.807) is 6.92 Å². The van der Waals surface area contributed by atoms with E-state index in [1.807, 2.05) is 11.8 Å². The van der Waals surface area contributed by atoms with Crippen molar-refractivity contribution in [3.05, 3.63) is 23.8 Å². The largest absolute Gasteiger partial charge is 0.455 e. The van der Waals surface area contributed by atoms with Gasteiger partial charge in [-0.2, -0.15) is 13.2 Å². The van der Waals surface area contributed by atoms with E-state index in [9.17, 15) is 22.8 Å². The van der Waals surface area contributed by atoms with Gasteiger partial charge in [-0.05, 0) is 24.6 Å². The van der Waals surface area contributed by atoms with Crippen molar-refractivity contribution in [1.29, 1.82) is 0 Å². The second kappa shape index (κ2) is 9.07. The van der Waals surface area contributed by atoms with Crippen molar-refractivity contribution in [3.8, 4) is 0 Å². The zero-order valence-electron chi connectivity index (χ0n) is 15.3. The van der Waals surface area contributed by atoms with Crippen LogP contribution in [0.25, 0.3) is 0 Å². The van der Waals surface area contributed by atoms with Crippen LogP contribution in [0.4, 0.5) is 24.5 Å². The molecule has 1 amide bonds. The second-order valence-electron chi connectivity index (χ2n) is 6.29. The Hall–Kier alpha value is -2.29. The van der Waals surface area contributed by atoms with Crippen LogP contribution in [0.5, 0.6) is 0 Å². The molecule has 9 heteroatoms. The Kier molecular flexibility index (Phi) is 7.06. The fourth-order valence-corrected chi connectivity index (χ4v) is 2.52. The summed E-state index contributed by atoms with van der Waals surface area (Å²) in [4.78, 5) is 25.6. The maximum atomic E-state index is 13.0. The van der Waals surface area contributed by atoms with Crippen molar-refractivity contribution < 1.29 is 32.2 Å². The molecule has 1 aliphatic heterocycles. The molecular formula is C18H23F3N2O4. The van der Waals surface area contributed by atoms with E-state index >= 15 is 0 Å². The monoisotopic (exact) mass is 388 g/mol. The summed E-state index contributed by atoms with van der Waals surface area (Å²) in [7, 11) is 0. The topological polar surface area (TPSA) is 67.9 Å². The molecule has 1 saturated heterocycles. The fraction of sp³-hybridized carbons (Fsp3) is 0.556. The van der Waals surface area contributed by atoms with E-state index < -0.39 is 30.2 Å². The zero-order chi connectivity index (χ0) is 20.0. The molecule has 2 rings (SSSR count). The number of benzene rings is 1. The van der Waals surface area contributed by atoms with Crippen LogP contribution in [0.3, 0.4) is 0 Å². The summed E-state index contributed by atoms with van der Waals surface area (Å²) in [5, 5.41) is 2.43. The molecule has 0 radical (unpaired) electrons. The number of ether oxygens (including phenoxy) is 2. The standard InChI is InChI=1S/C18H23F3N2O4/c1-3-12(2)17(25)27-11-16(24)22-14-10-13(18(19,20)21)4-5-15(14)23-6-8-26-9-7-23/h4-5,10,12H,3,6-9,11H2,1-2H3,(H,22,24). The molecule has 1 heterocycles. The number of alkyl halides is 3. The quantitative estimate of drug-likeness (QED) is 0.759. The minimum Gasteiger partial charge on any atom is -0.455 e. The Morgan fingerprint density at radius 1 is 1.30 bits per heavy atom. The summed E-state index contributed by atoms with van der Waals surface area (Å²) in [6.07, 6.45) is -3.97. The van der Waals surface area contributed by atoms with Gasteiger partial charge in [0.25, 0.3) is 5.91 Å².